The largest absolute Gasteiger partial charge is 0.394 e. The molecule has 0 atom stereocenters. The summed E-state index contributed by atoms with van der Waals surface area (Å²) in [6.45, 7) is 0.693. The lowest BCUT2D eigenvalue weighted by atomic mass is 10.0. The van der Waals surface area contributed by atoms with Crippen molar-refractivity contribution in [1.82, 2.24) is 4.98 Å². The summed E-state index contributed by atoms with van der Waals surface area (Å²) in [5, 5.41) is 30.3. The molecule has 0 bridgehead atoms. The summed E-state index contributed by atoms with van der Waals surface area (Å²) in [5.41, 5.74) is -0.361. The van der Waals surface area contributed by atoms with E-state index in [1.807, 2.05) is 13.0 Å². The van der Waals surface area contributed by atoms with E-state index in [1.165, 1.54) is 0 Å². The van der Waals surface area contributed by atoms with Crippen LogP contribution in [0.2, 0.25) is 0 Å². The number of aryl methyl sites for hydroxylation is 1. The lowest BCUT2D eigenvalue weighted by Crippen LogP contribution is -2.49. The van der Waals surface area contributed by atoms with Gasteiger partial charge < -0.3 is 20.6 Å². The van der Waals surface area contributed by atoms with Crippen LogP contribution in [0.3, 0.4) is 0 Å². The normalized spacial score (nSPS) is 11.6. The number of aromatic nitrogens is 1. The van der Waals surface area contributed by atoms with Crippen LogP contribution in [0, 0.1) is 6.92 Å². The van der Waals surface area contributed by atoms with Gasteiger partial charge in [-0.1, -0.05) is 0 Å². The zero-order valence-electron chi connectivity index (χ0n) is 8.94. The Morgan fingerprint density at radius 2 is 1.81 bits per heavy atom. The second kappa shape index (κ2) is 5.58. The molecule has 0 aliphatic rings. The molecule has 16 heavy (non-hydrogen) atoms. The molecule has 1 aromatic rings. The molecule has 0 saturated carbocycles. The summed E-state index contributed by atoms with van der Waals surface area (Å²) in [7, 11) is 0. The van der Waals surface area contributed by atoms with E-state index in [0.717, 1.165) is 10.2 Å². The first-order valence-corrected chi connectivity index (χ1v) is 5.60. The van der Waals surface area contributed by atoms with Gasteiger partial charge in [-0.25, -0.2) is 4.98 Å². The molecule has 0 saturated heterocycles. The Morgan fingerprint density at radius 1 is 1.25 bits per heavy atom. The van der Waals surface area contributed by atoms with Gasteiger partial charge in [0.05, 0.1) is 25.5 Å². The van der Waals surface area contributed by atoms with E-state index in [2.05, 4.69) is 26.2 Å². The number of aliphatic hydroxyl groups excluding tert-OH is 3. The number of nitrogens with zero attached hydrogens (tertiary/aromatic N) is 1. The van der Waals surface area contributed by atoms with Crippen molar-refractivity contribution in [2.24, 2.45) is 0 Å². The van der Waals surface area contributed by atoms with E-state index < -0.39 is 5.54 Å². The molecule has 1 aromatic heterocycles. The van der Waals surface area contributed by atoms with Gasteiger partial charge in [0.25, 0.3) is 0 Å². The van der Waals surface area contributed by atoms with Crippen molar-refractivity contribution < 1.29 is 15.3 Å². The summed E-state index contributed by atoms with van der Waals surface area (Å²) in [4.78, 5) is 4.21. The molecular formula is C10H15BrN2O3. The lowest BCUT2D eigenvalue weighted by molar-refractivity contribution is 0.0831. The maximum atomic E-state index is 9.14. The first-order valence-electron chi connectivity index (χ1n) is 4.81. The van der Waals surface area contributed by atoms with Crippen LogP contribution in [-0.2, 0) is 0 Å². The maximum absolute atomic E-state index is 9.14. The Labute approximate surface area is 102 Å². The van der Waals surface area contributed by atoms with E-state index in [0.29, 0.717) is 5.82 Å². The van der Waals surface area contributed by atoms with Crippen LogP contribution in [0.5, 0.6) is 0 Å². The lowest BCUT2D eigenvalue weighted by Gasteiger charge is -2.29. The van der Waals surface area contributed by atoms with Crippen LogP contribution < -0.4 is 5.32 Å². The highest BCUT2D eigenvalue weighted by atomic mass is 79.9. The Bertz CT molecular complexity index is 348. The third kappa shape index (κ3) is 2.91. The van der Waals surface area contributed by atoms with Gasteiger partial charge in [0.15, 0.2) is 0 Å². The van der Waals surface area contributed by atoms with Crippen molar-refractivity contribution in [3.63, 3.8) is 0 Å². The van der Waals surface area contributed by atoms with Crippen molar-refractivity contribution in [2.45, 2.75) is 12.5 Å². The van der Waals surface area contributed by atoms with Gasteiger partial charge in [0, 0.05) is 4.47 Å². The number of hydrogen-bond acceptors (Lipinski definition) is 5. The maximum Gasteiger partial charge on any atom is 0.126 e. The number of halogens is 1. The molecule has 0 aromatic carbocycles. The van der Waals surface area contributed by atoms with E-state index in [-0.39, 0.29) is 19.8 Å². The minimum absolute atomic E-state index is 0.378. The van der Waals surface area contributed by atoms with Gasteiger partial charge in [-0.05, 0) is 35.0 Å². The van der Waals surface area contributed by atoms with Gasteiger partial charge >= 0.3 is 0 Å². The van der Waals surface area contributed by atoms with Crippen LogP contribution >= 0.6 is 15.9 Å². The van der Waals surface area contributed by atoms with Crippen LogP contribution in [0.4, 0.5) is 5.82 Å². The topological polar surface area (TPSA) is 85.6 Å². The van der Waals surface area contributed by atoms with Crippen LogP contribution in [0.15, 0.2) is 16.6 Å². The molecule has 0 spiro atoms. The molecular weight excluding hydrogens is 276 g/mol. The van der Waals surface area contributed by atoms with Crippen molar-refractivity contribution in [3.05, 3.63) is 22.3 Å². The molecule has 0 unspecified atom stereocenters. The zero-order valence-corrected chi connectivity index (χ0v) is 10.5. The summed E-state index contributed by atoms with van der Waals surface area (Å²) in [5.74, 6) is 0.498. The minimum atomic E-state index is -1.15. The van der Waals surface area contributed by atoms with E-state index in [9.17, 15) is 0 Å². The molecule has 0 fully saturated rings. The Kier molecular flexibility index (Phi) is 4.67. The number of rotatable bonds is 5. The van der Waals surface area contributed by atoms with Gasteiger partial charge in [-0.15, -0.1) is 0 Å². The van der Waals surface area contributed by atoms with Crippen LogP contribution in [-0.4, -0.2) is 45.7 Å². The van der Waals surface area contributed by atoms with Crippen LogP contribution in [0.25, 0.3) is 0 Å². The Morgan fingerprint density at radius 3 is 2.25 bits per heavy atom. The molecule has 0 aliphatic carbocycles. The highest BCUT2D eigenvalue weighted by Crippen LogP contribution is 2.18. The molecule has 1 heterocycles. The molecule has 1 rings (SSSR count). The predicted octanol–water partition coefficient (Wildman–Crippen LogP) is 0.280. The molecule has 0 radical (unpaired) electrons. The van der Waals surface area contributed by atoms with E-state index in [1.54, 1.807) is 6.07 Å². The smallest absolute Gasteiger partial charge is 0.126 e. The molecule has 5 nitrogen and oxygen atoms in total. The fraction of sp³-hybridized carbons (Fsp3) is 0.500. The first kappa shape index (κ1) is 13.4. The Balaban J connectivity index is 2.89. The van der Waals surface area contributed by atoms with E-state index in [4.69, 9.17) is 15.3 Å². The third-order valence-electron chi connectivity index (χ3n) is 2.32. The number of aliphatic hydroxyl groups is 3. The van der Waals surface area contributed by atoms with E-state index >= 15 is 0 Å². The number of pyridine rings is 1. The number of anilines is 1. The average molecular weight is 291 g/mol. The average Bonchev–Trinajstić information content (AvgIpc) is 2.31. The Hall–Kier alpha value is -0.690. The summed E-state index contributed by atoms with van der Waals surface area (Å²) in [6.07, 6.45) is 0. The molecule has 6 heteroatoms. The SMILES string of the molecule is Cc1nc(NC(CO)(CO)CO)ccc1Br. The molecule has 0 amide bonds. The molecule has 4 N–H and O–H groups in total. The fourth-order valence-electron chi connectivity index (χ4n) is 1.15. The standard InChI is InChI=1S/C10H15BrN2O3/c1-7-8(11)2-3-9(12-7)13-10(4-14,5-15)6-16/h2-3,14-16H,4-6H2,1H3,(H,12,13). The predicted molar refractivity (Wildman–Crippen MR) is 64.3 cm³/mol. The minimum Gasteiger partial charge on any atom is -0.394 e. The molecule has 0 aliphatic heterocycles. The first-order chi connectivity index (χ1) is 7.56. The van der Waals surface area contributed by atoms with Gasteiger partial charge in [0.1, 0.15) is 11.4 Å². The quantitative estimate of drug-likeness (QED) is 0.626. The second-order valence-electron chi connectivity index (χ2n) is 3.64. The third-order valence-corrected chi connectivity index (χ3v) is 3.16. The monoisotopic (exact) mass is 290 g/mol. The highest BCUT2D eigenvalue weighted by Gasteiger charge is 2.28. The zero-order chi connectivity index (χ0) is 12.2. The van der Waals surface area contributed by atoms with Crippen LogP contribution in [0.1, 0.15) is 5.69 Å². The van der Waals surface area contributed by atoms with Crippen molar-refractivity contribution in [2.75, 3.05) is 25.1 Å². The summed E-state index contributed by atoms with van der Waals surface area (Å²) < 4.78 is 0.876. The highest BCUT2D eigenvalue weighted by molar-refractivity contribution is 9.10. The summed E-state index contributed by atoms with van der Waals surface area (Å²) in [6, 6.07) is 3.51. The fourth-order valence-corrected chi connectivity index (χ4v) is 1.37. The summed E-state index contributed by atoms with van der Waals surface area (Å²) >= 11 is 3.32. The molecule has 90 valence electrons. The number of hydrogen-bond donors (Lipinski definition) is 4. The van der Waals surface area contributed by atoms with Crippen molar-refractivity contribution >= 4 is 21.7 Å². The van der Waals surface area contributed by atoms with Gasteiger partial charge in [-0.2, -0.15) is 0 Å². The number of nitrogens with one attached hydrogen (secondary N) is 1. The van der Waals surface area contributed by atoms with Gasteiger partial charge in [-0.3, -0.25) is 0 Å². The second-order valence-corrected chi connectivity index (χ2v) is 4.50. The van der Waals surface area contributed by atoms with Crippen molar-refractivity contribution in [3.8, 4) is 0 Å². The van der Waals surface area contributed by atoms with Gasteiger partial charge in [0.2, 0.25) is 0 Å². The van der Waals surface area contributed by atoms with Crippen molar-refractivity contribution in [1.29, 1.82) is 0 Å².